The molecule has 18 heavy (non-hydrogen) atoms. The van der Waals surface area contributed by atoms with Crippen LogP contribution >= 0.6 is 0 Å². The van der Waals surface area contributed by atoms with Gasteiger partial charge in [-0.3, -0.25) is 10.1 Å². The molecule has 0 radical (unpaired) electrons. The van der Waals surface area contributed by atoms with E-state index >= 15 is 0 Å². The molecule has 2 rings (SSSR count). The quantitative estimate of drug-likeness (QED) is 0.864. The first kappa shape index (κ1) is 12.4. The van der Waals surface area contributed by atoms with Crippen molar-refractivity contribution in [1.29, 1.82) is 5.26 Å². The maximum Gasteiger partial charge on any atom is 0.264 e. The van der Waals surface area contributed by atoms with Gasteiger partial charge in [-0.2, -0.15) is 5.26 Å². The number of nitrogens with one attached hydrogen (secondary N) is 1. The number of hydrogen-bond acceptors (Lipinski definition) is 4. The first-order valence-electron chi connectivity index (χ1n) is 5.77. The predicted molar refractivity (Wildman–Crippen MR) is 67.3 cm³/mol. The molecule has 1 amide bonds. The Labute approximate surface area is 106 Å². The Kier molecular flexibility index (Phi) is 3.49. The van der Waals surface area contributed by atoms with Crippen molar-refractivity contribution in [3.8, 4) is 11.8 Å². The summed E-state index contributed by atoms with van der Waals surface area (Å²) in [6.07, 6.45) is 0. The topological polar surface area (TPSA) is 65.4 Å². The number of benzene rings is 1. The van der Waals surface area contributed by atoms with Crippen molar-refractivity contribution in [1.82, 2.24) is 5.32 Å². The number of carbonyl (C=O) groups excluding carboxylic acids is 1. The molecule has 0 bridgehead atoms. The zero-order valence-electron chi connectivity index (χ0n) is 10.4. The van der Waals surface area contributed by atoms with E-state index in [1.54, 1.807) is 18.9 Å². The second-order valence-electron chi connectivity index (χ2n) is 4.28. The number of nitrogens with zero attached hydrogens (tertiary/aromatic N) is 2. The zero-order chi connectivity index (χ0) is 13.1. The highest BCUT2D eigenvalue weighted by atomic mass is 16.5. The Morgan fingerprint density at radius 3 is 3.11 bits per heavy atom. The summed E-state index contributed by atoms with van der Waals surface area (Å²) < 4.78 is 5.34. The minimum atomic E-state index is -0.198. The lowest BCUT2D eigenvalue weighted by Gasteiger charge is -2.26. The van der Waals surface area contributed by atoms with E-state index in [-0.39, 0.29) is 18.6 Å². The number of likely N-dealkylation sites (N-methyl/N-ethyl adjacent to an activating group) is 1. The predicted octanol–water partition coefficient (Wildman–Crippen LogP) is 1.04. The van der Waals surface area contributed by atoms with Gasteiger partial charge >= 0.3 is 0 Å². The van der Waals surface area contributed by atoms with Crippen LogP contribution < -0.4 is 15.0 Å². The molecule has 0 spiro atoms. The van der Waals surface area contributed by atoms with Crippen molar-refractivity contribution in [3.05, 3.63) is 23.8 Å². The summed E-state index contributed by atoms with van der Waals surface area (Å²) in [5.74, 6) is 0.659. The molecule has 94 valence electrons. The van der Waals surface area contributed by atoms with Gasteiger partial charge in [-0.1, -0.05) is 6.07 Å². The van der Waals surface area contributed by atoms with E-state index < -0.39 is 0 Å². The summed E-state index contributed by atoms with van der Waals surface area (Å²) in [6, 6.07) is 7.61. The first-order valence-corrected chi connectivity index (χ1v) is 5.77. The van der Waals surface area contributed by atoms with E-state index in [4.69, 9.17) is 10.00 Å². The van der Waals surface area contributed by atoms with Gasteiger partial charge in [0.1, 0.15) is 5.75 Å². The largest absolute Gasteiger partial charge is 0.482 e. The molecule has 1 aliphatic rings. The minimum Gasteiger partial charge on any atom is -0.482 e. The van der Waals surface area contributed by atoms with E-state index in [9.17, 15) is 4.79 Å². The van der Waals surface area contributed by atoms with Crippen LogP contribution in [0.15, 0.2) is 18.2 Å². The Bertz CT molecular complexity index is 507. The molecule has 0 saturated heterocycles. The number of rotatable bonds is 3. The monoisotopic (exact) mass is 245 g/mol. The highest BCUT2D eigenvalue weighted by Crippen LogP contribution is 2.31. The lowest BCUT2D eigenvalue weighted by atomic mass is 10.1. The molecule has 1 N–H and O–H groups in total. The third-order valence-electron chi connectivity index (χ3n) is 2.92. The van der Waals surface area contributed by atoms with Crippen molar-refractivity contribution < 1.29 is 9.53 Å². The lowest BCUT2D eigenvalue weighted by molar-refractivity contribution is -0.120. The molecular weight excluding hydrogens is 230 g/mol. The van der Waals surface area contributed by atoms with E-state index in [0.29, 0.717) is 12.3 Å². The van der Waals surface area contributed by atoms with Crippen LogP contribution in [0.3, 0.4) is 0 Å². The van der Waals surface area contributed by atoms with Gasteiger partial charge in [0.05, 0.1) is 17.8 Å². The van der Waals surface area contributed by atoms with Gasteiger partial charge < -0.3 is 9.64 Å². The summed E-state index contributed by atoms with van der Waals surface area (Å²) in [5.41, 5.74) is 1.79. The smallest absolute Gasteiger partial charge is 0.264 e. The first-order chi connectivity index (χ1) is 8.61. The van der Waals surface area contributed by atoms with E-state index in [0.717, 1.165) is 11.3 Å². The Morgan fingerprint density at radius 1 is 1.61 bits per heavy atom. The van der Waals surface area contributed by atoms with E-state index in [2.05, 4.69) is 11.4 Å². The van der Waals surface area contributed by atoms with Crippen LogP contribution in [0.5, 0.6) is 5.75 Å². The molecule has 0 saturated carbocycles. The average molecular weight is 245 g/mol. The molecule has 1 aliphatic heterocycles. The van der Waals surface area contributed by atoms with Crippen LogP contribution in [-0.2, 0) is 11.3 Å². The Morgan fingerprint density at radius 2 is 2.39 bits per heavy atom. The van der Waals surface area contributed by atoms with Gasteiger partial charge in [-0.15, -0.1) is 0 Å². The van der Waals surface area contributed by atoms with Crippen molar-refractivity contribution in [3.63, 3.8) is 0 Å². The SMILES string of the molecule is CC(C#N)NCc1ccc2c(c1)N(C)C(=O)CO2. The van der Waals surface area contributed by atoms with Crippen LogP contribution in [0.1, 0.15) is 12.5 Å². The molecule has 0 aliphatic carbocycles. The number of amides is 1. The Hall–Kier alpha value is -2.06. The van der Waals surface area contributed by atoms with Crippen molar-refractivity contribution in [2.45, 2.75) is 19.5 Å². The van der Waals surface area contributed by atoms with Gasteiger partial charge in [-0.05, 0) is 24.6 Å². The van der Waals surface area contributed by atoms with Crippen molar-refractivity contribution >= 4 is 11.6 Å². The van der Waals surface area contributed by atoms with Crippen molar-refractivity contribution in [2.75, 3.05) is 18.6 Å². The highest BCUT2D eigenvalue weighted by molar-refractivity contribution is 5.97. The molecule has 1 aromatic carbocycles. The van der Waals surface area contributed by atoms with Crippen LogP contribution in [0.25, 0.3) is 0 Å². The van der Waals surface area contributed by atoms with Crippen LogP contribution in [0, 0.1) is 11.3 Å². The van der Waals surface area contributed by atoms with E-state index in [1.807, 2.05) is 18.2 Å². The van der Waals surface area contributed by atoms with Gasteiger partial charge in [0.15, 0.2) is 6.61 Å². The molecule has 1 heterocycles. The molecule has 5 heteroatoms. The van der Waals surface area contributed by atoms with Crippen LogP contribution in [0.4, 0.5) is 5.69 Å². The summed E-state index contributed by atoms with van der Waals surface area (Å²) >= 11 is 0. The van der Waals surface area contributed by atoms with E-state index in [1.165, 1.54) is 0 Å². The number of anilines is 1. The summed E-state index contributed by atoms with van der Waals surface area (Å²) in [6.45, 7) is 2.48. The number of nitriles is 1. The number of fused-ring (bicyclic) bond motifs is 1. The molecular formula is C13H15N3O2. The van der Waals surface area contributed by atoms with Gasteiger partial charge in [0, 0.05) is 13.6 Å². The third-order valence-corrected chi connectivity index (χ3v) is 2.92. The average Bonchev–Trinajstić information content (AvgIpc) is 2.40. The van der Waals surface area contributed by atoms with Crippen LogP contribution in [-0.4, -0.2) is 25.6 Å². The lowest BCUT2D eigenvalue weighted by Crippen LogP contribution is -2.35. The fraction of sp³-hybridized carbons (Fsp3) is 0.385. The highest BCUT2D eigenvalue weighted by Gasteiger charge is 2.22. The fourth-order valence-electron chi connectivity index (χ4n) is 1.74. The van der Waals surface area contributed by atoms with Gasteiger partial charge in [0.25, 0.3) is 5.91 Å². The second-order valence-corrected chi connectivity index (χ2v) is 4.28. The minimum absolute atomic E-state index is 0.0574. The molecule has 1 aromatic rings. The summed E-state index contributed by atoms with van der Waals surface area (Å²) in [7, 11) is 1.73. The summed E-state index contributed by atoms with van der Waals surface area (Å²) in [4.78, 5) is 13.1. The summed E-state index contributed by atoms with van der Waals surface area (Å²) in [5, 5.41) is 11.8. The fourth-order valence-corrected chi connectivity index (χ4v) is 1.74. The second kappa shape index (κ2) is 5.07. The maximum absolute atomic E-state index is 11.5. The van der Waals surface area contributed by atoms with Crippen molar-refractivity contribution in [2.24, 2.45) is 0 Å². The standard InChI is InChI=1S/C13H15N3O2/c1-9(6-14)15-7-10-3-4-12-11(5-10)16(2)13(17)8-18-12/h3-5,9,15H,7-8H2,1-2H3. The third kappa shape index (κ3) is 2.44. The van der Waals surface area contributed by atoms with Gasteiger partial charge in [0.2, 0.25) is 0 Å². The maximum atomic E-state index is 11.5. The normalized spacial score (nSPS) is 15.6. The molecule has 0 aromatic heterocycles. The molecule has 5 nitrogen and oxygen atoms in total. The molecule has 0 fully saturated rings. The zero-order valence-corrected chi connectivity index (χ0v) is 10.4. The number of hydrogen-bond donors (Lipinski definition) is 1. The molecule has 1 unspecified atom stereocenters. The number of carbonyl (C=O) groups is 1. The molecule has 1 atom stereocenters. The van der Waals surface area contributed by atoms with Crippen LogP contribution in [0.2, 0.25) is 0 Å². The number of ether oxygens (including phenoxy) is 1. The Balaban J connectivity index is 2.16. The van der Waals surface area contributed by atoms with Gasteiger partial charge in [-0.25, -0.2) is 0 Å².